The largest absolute Gasteiger partial charge is 0.391 e. The average molecular weight is 283 g/mol. The molecule has 108 valence electrons. The summed E-state index contributed by atoms with van der Waals surface area (Å²) in [4.78, 5) is 11.8. The van der Waals surface area contributed by atoms with Crippen LogP contribution in [0.15, 0.2) is 12.7 Å². The van der Waals surface area contributed by atoms with E-state index in [0.29, 0.717) is 11.2 Å². The van der Waals surface area contributed by atoms with Crippen molar-refractivity contribution in [1.29, 1.82) is 0 Å². The smallest absolute Gasteiger partial charge is 0.173 e. The minimum atomic E-state index is -1.71. The van der Waals surface area contributed by atoms with Crippen LogP contribution < -0.4 is 5.73 Å². The highest BCUT2D eigenvalue weighted by molar-refractivity contribution is 5.81. The van der Waals surface area contributed by atoms with Crippen molar-refractivity contribution in [1.82, 2.24) is 19.5 Å². The lowest BCUT2D eigenvalue weighted by Crippen LogP contribution is -2.35. The number of aromatic nitrogens is 4. The van der Waals surface area contributed by atoms with E-state index < -0.39 is 30.7 Å². The van der Waals surface area contributed by atoms with E-state index in [4.69, 9.17) is 10.5 Å². The van der Waals surface area contributed by atoms with Crippen molar-refractivity contribution in [2.24, 2.45) is 0 Å². The predicted octanol–water partition coefficient (Wildman–Crippen LogP) is -0.614. The number of nitrogens with zero attached hydrogens (tertiary/aromatic N) is 4. The number of ether oxygens (including phenoxy) is 1. The van der Waals surface area contributed by atoms with Gasteiger partial charge in [-0.25, -0.2) is 19.3 Å². The summed E-state index contributed by atoms with van der Waals surface area (Å²) in [5.41, 5.74) is 6.30. The molecule has 0 radical (unpaired) electrons. The number of hydrogen-bond donors (Lipinski definition) is 3. The zero-order valence-electron chi connectivity index (χ0n) is 10.6. The molecule has 3 unspecified atom stereocenters. The number of nitrogens with two attached hydrogens (primary N) is 1. The Balaban J connectivity index is 2.02. The zero-order chi connectivity index (χ0) is 14.4. The van der Waals surface area contributed by atoms with Gasteiger partial charge < -0.3 is 20.7 Å². The Bertz CT molecular complexity index is 634. The van der Waals surface area contributed by atoms with Crippen LogP contribution in [0.2, 0.25) is 0 Å². The fourth-order valence-electron chi connectivity index (χ4n) is 2.34. The molecule has 2 aromatic rings. The monoisotopic (exact) mass is 283 g/mol. The highest BCUT2D eigenvalue weighted by Gasteiger charge is 2.47. The lowest BCUT2D eigenvalue weighted by molar-refractivity contribution is -0.0761. The summed E-state index contributed by atoms with van der Waals surface area (Å²) in [6, 6.07) is 0. The van der Waals surface area contributed by atoms with Gasteiger partial charge in [-0.2, -0.15) is 0 Å². The van der Waals surface area contributed by atoms with Crippen LogP contribution in [0.1, 0.15) is 13.2 Å². The third-order valence-electron chi connectivity index (χ3n) is 3.37. The number of aliphatic hydroxyl groups excluding tert-OH is 2. The molecule has 0 spiro atoms. The van der Waals surface area contributed by atoms with Gasteiger partial charge in [0, 0.05) is 0 Å². The molecule has 1 fully saturated rings. The number of aliphatic hydroxyl groups is 2. The SMILES string of the molecule is CC(O)[C@H]1O[C@@H](n2cnc3c(N)ncnc32)C(F)C1O. The van der Waals surface area contributed by atoms with Crippen LogP contribution in [0.25, 0.3) is 11.2 Å². The Morgan fingerprint density at radius 3 is 2.85 bits per heavy atom. The normalized spacial score (nSPS) is 31.8. The van der Waals surface area contributed by atoms with Crippen LogP contribution in [0.4, 0.5) is 10.2 Å². The van der Waals surface area contributed by atoms with E-state index in [-0.39, 0.29) is 5.82 Å². The van der Waals surface area contributed by atoms with Crippen molar-refractivity contribution in [3.63, 3.8) is 0 Å². The quantitative estimate of drug-likeness (QED) is 0.672. The molecular formula is C11H14FN5O3. The summed E-state index contributed by atoms with van der Waals surface area (Å²) in [7, 11) is 0. The van der Waals surface area contributed by atoms with Gasteiger partial charge in [-0.15, -0.1) is 0 Å². The van der Waals surface area contributed by atoms with Crippen molar-refractivity contribution < 1.29 is 19.3 Å². The fourth-order valence-corrected chi connectivity index (χ4v) is 2.34. The molecule has 4 N–H and O–H groups in total. The average Bonchev–Trinajstić information content (AvgIpc) is 2.94. The van der Waals surface area contributed by atoms with Gasteiger partial charge in [0.1, 0.15) is 24.1 Å². The molecule has 1 saturated heterocycles. The lowest BCUT2D eigenvalue weighted by Gasteiger charge is -2.17. The summed E-state index contributed by atoms with van der Waals surface area (Å²) < 4.78 is 20.9. The van der Waals surface area contributed by atoms with E-state index in [2.05, 4.69) is 15.0 Å². The lowest BCUT2D eigenvalue weighted by atomic mass is 10.1. The maximum absolute atomic E-state index is 14.2. The highest BCUT2D eigenvalue weighted by Crippen LogP contribution is 2.35. The Hall–Kier alpha value is -1.84. The van der Waals surface area contributed by atoms with Gasteiger partial charge in [0.05, 0.1) is 12.4 Å². The van der Waals surface area contributed by atoms with E-state index in [0.717, 1.165) is 0 Å². The number of alkyl halides is 1. The minimum absolute atomic E-state index is 0.176. The first kappa shape index (κ1) is 13.2. The number of hydrogen-bond acceptors (Lipinski definition) is 7. The van der Waals surface area contributed by atoms with Crippen molar-refractivity contribution in [3.05, 3.63) is 12.7 Å². The Morgan fingerprint density at radius 2 is 2.20 bits per heavy atom. The maximum Gasteiger partial charge on any atom is 0.173 e. The first-order valence-corrected chi connectivity index (χ1v) is 6.09. The van der Waals surface area contributed by atoms with Crippen LogP contribution in [0, 0.1) is 0 Å². The molecule has 0 aliphatic carbocycles. The van der Waals surface area contributed by atoms with Gasteiger partial charge in [-0.3, -0.25) is 4.57 Å². The first-order valence-electron chi connectivity index (χ1n) is 6.09. The summed E-state index contributed by atoms with van der Waals surface area (Å²) >= 11 is 0. The summed E-state index contributed by atoms with van der Waals surface area (Å²) in [6.45, 7) is 1.43. The van der Waals surface area contributed by atoms with Crippen LogP contribution >= 0.6 is 0 Å². The van der Waals surface area contributed by atoms with Crippen LogP contribution in [-0.4, -0.2) is 54.2 Å². The number of anilines is 1. The van der Waals surface area contributed by atoms with Gasteiger partial charge in [0.15, 0.2) is 23.9 Å². The van der Waals surface area contributed by atoms with E-state index in [1.54, 1.807) is 0 Å². The standard InChI is InChI=1S/C11H14FN5O3/c1-4(18)8-7(19)5(12)11(20-8)17-3-16-6-9(13)14-2-15-10(6)17/h2-5,7-8,11,18-19H,1H3,(H2,13,14,15)/t4?,5?,7?,8-,11-/m1/s1. The third-order valence-corrected chi connectivity index (χ3v) is 3.37. The number of nitrogen functional groups attached to an aromatic ring is 1. The van der Waals surface area contributed by atoms with Crippen molar-refractivity contribution in [3.8, 4) is 0 Å². The Morgan fingerprint density at radius 1 is 1.45 bits per heavy atom. The fraction of sp³-hybridized carbons (Fsp3) is 0.545. The second kappa shape index (κ2) is 4.62. The van der Waals surface area contributed by atoms with Crippen molar-refractivity contribution in [2.45, 2.75) is 37.6 Å². The molecule has 1 aliphatic rings. The van der Waals surface area contributed by atoms with Crippen molar-refractivity contribution in [2.75, 3.05) is 5.73 Å². The first-order chi connectivity index (χ1) is 9.50. The maximum atomic E-state index is 14.2. The molecule has 3 rings (SSSR count). The van der Waals surface area contributed by atoms with Gasteiger partial charge >= 0.3 is 0 Å². The number of fused-ring (bicyclic) bond motifs is 1. The van der Waals surface area contributed by atoms with Crippen LogP contribution in [-0.2, 0) is 4.74 Å². The van der Waals surface area contributed by atoms with Crippen LogP contribution in [0.5, 0.6) is 0 Å². The molecule has 0 aromatic carbocycles. The number of halogens is 1. The highest BCUT2D eigenvalue weighted by atomic mass is 19.1. The molecule has 0 amide bonds. The molecule has 3 heterocycles. The summed E-state index contributed by atoms with van der Waals surface area (Å²) in [5, 5.41) is 19.3. The van der Waals surface area contributed by atoms with E-state index in [1.165, 1.54) is 24.1 Å². The summed E-state index contributed by atoms with van der Waals surface area (Å²) in [5.74, 6) is 0.176. The number of imidazole rings is 1. The van der Waals surface area contributed by atoms with Crippen molar-refractivity contribution >= 4 is 17.0 Å². The molecular weight excluding hydrogens is 269 g/mol. The molecule has 2 aromatic heterocycles. The second-order valence-electron chi connectivity index (χ2n) is 4.75. The molecule has 5 atom stereocenters. The molecule has 0 bridgehead atoms. The molecule has 1 aliphatic heterocycles. The topological polar surface area (TPSA) is 119 Å². The van der Waals surface area contributed by atoms with E-state index >= 15 is 0 Å². The second-order valence-corrected chi connectivity index (χ2v) is 4.75. The minimum Gasteiger partial charge on any atom is -0.391 e. The van der Waals surface area contributed by atoms with E-state index in [1.807, 2.05) is 0 Å². The third kappa shape index (κ3) is 1.82. The Labute approximate surface area is 113 Å². The Kier molecular flexibility index (Phi) is 3.04. The van der Waals surface area contributed by atoms with Crippen LogP contribution in [0.3, 0.4) is 0 Å². The number of rotatable bonds is 2. The summed E-state index contributed by atoms with van der Waals surface area (Å²) in [6.07, 6.45) is -3.69. The molecule has 9 heteroatoms. The predicted molar refractivity (Wildman–Crippen MR) is 66.2 cm³/mol. The molecule has 20 heavy (non-hydrogen) atoms. The molecule has 8 nitrogen and oxygen atoms in total. The van der Waals surface area contributed by atoms with E-state index in [9.17, 15) is 14.6 Å². The molecule has 0 saturated carbocycles. The van der Waals surface area contributed by atoms with Gasteiger partial charge in [-0.05, 0) is 6.92 Å². The van der Waals surface area contributed by atoms with Gasteiger partial charge in [-0.1, -0.05) is 0 Å². The van der Waals surface area contributed by atoms with Gasteiger partial charge in [0.2, 0.25) is 0 Å². The van der Waals surface area contributed by atoms with Gasteiger partial charge in [0.25, 0.3) is 0 Å². The zero-order valence-corrected chi connectivity index (χ0v) is 10.6.